The average molecular weight is 807 g/mol. The Morgan fingerprint density at radius 2 is 1.74 bits per heavy atom. The zero-order valence-electron chi connectivity index (χ0n) is 33.8. The van der Waals surface area contributed by atoms with E-state index in [1.807, 2.05) is 11.0 Å². The van der Waals surface area contributed by atoms with Crippen LogP contribution in [0.3, 0.4) is 0 Å². The monoisotopic (exact) mass is 806 g/mol. The first-order valence-electron chi connectivity index (χ1n) is 20.7. The van der Waals surface area contributed by atoms with E-state index in [1.165, 1.54) is 31.9 Å². The van der Waals surface area contributed by atoms with E-state index in [0.717, 1.165) is 96.8 Å². The Balaban J connectivity index is 1.03. The fraction of sp³-hybridized carbons (Fsp3) is 0.468. The van der Waals surface area contributed by atoms with E-state index >= 15 is 0 Å². The van der Waals surface area contributed by atoms with Crippen LogP contribution in [-0.4, -0.2) is 77.9 Å². The Kier molecular flexibility index (Phi) is 13.9. The number of ether oxygens (including phenoxy) is 4. The van der Waals surface area contributed by atoms with Crippen molar-refractivity contribution in [1.82, 2.24) is 14.8 Å². The fourth-order valence-corrected chi connectivity index (χ4v) is 9.21. The SMILES string of the molecule is Cc1c(COc2cc(OCc3cncc(C#N)c3)c(CN3CCCC[C@H]3C(=O)O)cc2Cl)cccc1-c1cccc(OCCCN2CCCC3(CCCOC3)C2)c1C. The van der Waals surface area contributed by atoms with Crippen molar-refractivity contribution in [2.75, 3.05) is 46.0 Å². The lowest BCUT2D eigenvalue weighted by atomic mass is 9.76. The summed E-state index contributed by atoms with van der Waals surface area (Å²) in [6, 6.07) is 19.4. The van der Waals surface area contributed by atoms with Crippen molar-refractivity contribution in [2.24, 2.45) is 5.41 Å². The lowest BCUT2D eigenvalue weighted by Crippen LogP contribution is -2.47. The molecule has 1 unspecified atom stereocenters. The first kappa shape index (κ1) is 41.5. The Morgan fingerprint density at radius 3 is 2.55 bits per heavy atom. The summed E-state index contributed by atoms with van der Waals surface area (Å²) in [5.74, 6) is 1.07. The molecule has 58 heavy (non-hydrogen) atoms. The number of carboxylic acid groups (broad SMARTS) is 1. The van der Waals surface area contributed by atoms with Crippen LogP contribution in [0.2, 0.25) is 5.02 Å². The number of likely N-dealkylation sites (tertiary alicyclic amines) is 2. The Morgan fingerprint density at radius 1 is 0.931 bits per heavy atom. The van der Waals surface area contributed by atoms with Crippen molar-refractivity contribution in [2.45, 2.75) is 91.0 Å². The van der Waals surface area contributed by atoms with Crippen LogP contribution in [0.25, 0.3) is 11.1 Å². The third kappa shape index (κ3) is 10.1. The van der Waals surface area contributed by atoms with Crippen LogP contribution >= 0.6 is 11.6 Å². The molecule has 4 aromatic rings. The molecule has 0 radical (unpaired) electrons. The summed E-state index contributed by atoms with van der Waals surface area (Å²) in [7, 11) is 0. The lowest BCUT2D eigenvalue weighted by molar-refractivity contribution is -0.144. The van der Waals surface area contributed by atoms with Gasteiger partial charge in [-0.15, -0.1) is 0 Å². The number of piperidine rings is 2. The van der Waals surface area contributed by atoms with Crippen molar-refractivity contribution >= 4 is 17.6 Å². The normalized spacial score (nSPS) is 20.1. The molecule has 1 N–H and O–H groups in total. The molecule has 7 rings (SSSR count). The highest BCUT2D eigenvalue weighted by molar-refractivity contribution is 6.32. The lowest BCUT2D eigenvalue weighted by Gasteiger charge is -2.45. The summed E-state index contributed by atoms with van der Waals surface area (Å²) in [6.07, 6.45) is 11.5. The van der Waals surface area contributed by atoms with Gasteiger partial charge >= 0.3 is 5.97 Å². The second kappa shape index (κ2) is 19.4. The van der Waals surface area contributed by atoms with E-state index in [0.29, 0.717) is 53.6 Å². The van der Waals surface area contributed by atoms with Crippen LogP contribution < -0.4 is 14.2 Å². The van der Waals surface area contributed by atoms with Crippen molar-refractivity contribution in [3.05, 3.63) is 105 Å². The van der Waals surface area contributed by atoms with Gasteiger partial charge < -0.3 is 29.0 Å². The molecule has 306 valence electrons. The van der Waals surface area contributed by atoms with E-state index in [2.05, 4.69) is 66.2 Å². The topological polar surface area (TPSA) is 117 Å². The Labute approximate surface area is 347 Å². The van der Waals surface area contributed by atoms with Crippen molar-refractivity contribution < 1.29 is 28.8 Å². The number of halogens is 1. The number of benzene rings is 3. The predicted octanol–water partition coefficient (Wildman–Crippen LogP) is 9.15. The van der Waals surface area contributed by atoms with E-state index in [4.69, 9.17) is 30.5 Å². The fourth-order valence-electron chi connectivity index (χ4n) is 8.96. The molecule has 0 amide bonds. The molecule has 10 nitrogen and oxygen atoms in total. The zero-order valence-corrected chi connectivity index (χ0v) is 34.6. The van der Waals surface area contributed by atoms with Crippen LogP contribution in [0.1, 0.15) is 84.7 Å². The molecule has 0 aliphatic carbocycles. The molecule has 1 aromatic heterocycles. The van der Waals surface area contributed by atoms with Crippen molar-refractivity contribution in [3.8, 4) is 34.4 Å². The van der Waals surface area contributed by atoms with Crippen LogP contribution in [0, 0.1) is 30.6 Å². The molecule has 11 heteroatoms. The summed E-state index contributed by atoms with van der Waals surface area (Å²) in [4.78, 5) is 20.9. The number of nitriles is 1. The van der Waals surface area contributed by atoms with Gasteiger partial charge in [0.25, 0.3) is 0 Å². The second-order valence-corrected chi connectivity index (χ2v) is 16.6. The molecule has 3 saturated heterocycles. The largest absolute Gasteiger partial charge is 0.493 e. The molecule has 3 aliphatic heterocycles. The molecular weight excluding hydrogens is 752 g/mol. The Hall–Kier alpha value is -4.66. The van der Waals surface area contributed by atoms with E-state index in [9.17, 15) is 15.2 Å². The van der Waals surface area contributed by atoms with Gasteiger partial charge in [0.2, 0.25) is 0 Å². The number of hydrogen-bond acceptors (Lipinski definition) is 9. The van der Waals surface area contributed by atoms with Crippen LogP contribution in [0.15, 0.2) is 67.0 Å². The third-order valence-electron chi connectivity index (χ3n) is 12.1. The van der Waals surface area contributed by atoms with Gasteiger partial charge in [-0.3, -0.25) is 14.7 Å². The quantitative estimate of drug-likeness (QED) is 0.117. The summed E-state index contributed by atoms with van der Waals surface area (Å²) in [5, 5.41) is 19.7. The van der Waals surface area contributed by atoms with Gasteiger partial charge in [0.1, 0.15) is 42.6 Å². The number of carboxylic acids is 1. The highest BCUT2D eigenvalue weighted by atomic mass is 35.5. The first-order chi connectivity index (χ1) is 28.2. The minimum atomic E-state index is -0.827. The van der Waals surface area contributed by atoms with Crippen molar-refractivity contribution in [1.29, 1.82) is 5.26 Å². The maximum atomic E-state index is 12.1. The van der Waals surface area contributed by atoms with Gasteiger partial charge in [-0.2, -0.15) is 5.26 Å². The Bertz CT molecular complexity index is 2090. The predicted molar refractivity (Wildman–Crippen MR) is 224 cm³/mol. The summed E-state index contributed by atoms with van der Waals surface area (Å²) in [6.45, 7) is 11.5. The smallest absolute Gasteiger partial charge is 0.320 e. The minimum Gasteiger partial charge on any atom is -0.493 e. The number of pyridine rings is 1. The summed E-state index contributed by atoms with van der Waals surface area (Å²) < 4.78 is 25.1. The maximum absolute atomic E-state index is 12.1. The number of rotatable bonds is 15. The van der Waals surface area contributed by atoms with Crippen molar-refractivity contribution in [3.63, 3.8) is 0 Å². The molecule has 2 atom stereocenters. The van der Waals surface area contributed by atoms with E-state index in [1.54, 1.807) is 18.3 Å². The number of carbonyl (C=O) groups is 1. The molecule has 1 spiro atoms. The summed E-state index contributed by atoms with van der Waals surface area (Å²) >= 11 is 6.89. The molecule has 0 bridgehead atoms. The third-order valence-corrected chi connectivity index (χ3v) is 12.4. The highest BCUT2D eigenvalue weighted by Gasteiger charge is 2.37. The van der Waals surface area contributed by atoms with Crippen LogP contribution in [-0.2, 0) is 29.3 Å². The van der Waals surface area contributed by atoms with E-state index in [-0.39, 0.29) is 13.2 Å². The molecule has 3 aliphatic rings. The number of nitrogens with zero attached hydrogens (tertiary/aromatic N) is 4. The average Bonchev–Trinajstić information content (AvgIpc) is 3.23. The molecule has 0 saturated carbocycles. The van der Waals surface area contributed by atoms with Crippen LogP contribution in [0.4, 0.5) is 0 Å². The molecule has 3 aromatic carbocycles. The maximum Gasteiger partial charge on any atom is 0.320 e. The number of aliphatic carboxylic acids is 1. The molecule has 3 fully saturated rings. The van der Waals surface area contributed by atoms with Crippen LogP contribution in [0.5, 0.6) is 17.2 Å². The minimum absolute atomic E-state index is 0.164. The standard InChI is InChI=1S/C47H55ClN4O6/c1-33-37(10-5-11-39(33)40-12-6-14-43(34(40)2)56-21-9-18-51-17-7-15-47(31-51)16-8-20-55-32-47)30-58-45-24-44(57-29-36-22-35(25-49)26-50-27-36)38(23-41(45)48)28-52-19-4-3-13-42(52)46(53)54/h5-6,10-12,14,22-24,26-27,42H,3-4,7-9,13,15-21,28-32H2,1-2H3,(H,53,54)/t42-,47?/m0/s1. The second-order valence-electron chi connectivity index (χ2n) is 16.2. The first-order valence-corrected chi connectivity index (χ1v) is 21.1. The van der Waals surface area contributed by atoms with Gasteiger partial charge in [0, 0.05) is 61.2 Å². The number of hydrogen-bond donors (Lipinski definition) is 1. The summed E-state index contributed by atoms with van der Waals surface area (Å²) in [5.41, 5.74) is 7.76. The zero-order chi connectivity index (χ0) is 40.5. The van der Waals surface area contributed by atoms with Gasteiger partial charge in [0.05, 0.1) is 23.8 Å². The van der Waals surface area contributed by atoms with Gasteiger partial charge in [-0.25, -0.2) is 0 Å². The van der Waals surface area contributed by atoms with Gasteiger partial charge in [0.15, 0.2) is 0 Å². The van der Waals surface area contributed by atoms with Gasteiger partial charge in [-0.05, 0) is 118 Å². The molecular formula is C47H55ClN4O6. The molecule has 4 heterocycles. The van der Waals surface area contributed by atoms with Gasteiger partial charge in [-0.1, -0.05) is 48.4 Å². The van der Waals surface area contributed by atoms with E-state index < -0.39 is 12.0 Å². The highest BCUT2D eigenvalue weighted by Crippen LogP contribution is 2.39. The number of aromatic nitrogens is 1.